The van der Waals surface area contributed by atoms with Gasteiger partial charge in [0.25, 0.3) is 0 Å². The maximum atomic E-state index is 5.47. The van der Waals surface area contributed by atoms with E-state index in [4.69, 9.17) is 10.5 Å². The van der Waals surface area contributed by atoms with Gasteiger partial charge in [0.1, 0.15) is 0 Å². The summed E-state index contributed by atoms with van der Waals surface area (Å²) >= 11 is 0. The van der Waals surface area contributed by atoms with Crippen molar-refractivity contribution in [1.82, 2.24) is 4.90 Å². The monoisotopic (exact) mass is 172 g/mol. The first kappa shape index (κ1) is 9.96. The van der Waals surface area contributed by atoms with E-state index in [0.717, 1.165) is 39.3 Å². The van der Waals surface area contributed by atoms with Crippen LogP contribution in [-0.4, -0.2) is 43.8 Å². The van der Waals surface area contributed by atoms with Gasteiger partial charge in [0.2, 0.25) is 0 Å². The van der Waals surface area contributed by atoms with Crippen molar-refractivity contribution >= 4 is 0 Å². The van der Waals surface area contributed by atoms with Gasteiger partial charge in [-0.05, 0) is 32.5 Å². The molecule has 1 rings (SSSR count). The Morgan fingerprint density at radius 2 is 2.42 bits per heavy atom. The molecule has 1 heterocycles. The fourth-order valence-electron chi connectivity index (χ4n) is 1.70. The van der Waals surface area contributed by atoms with Crippen molar-refractivity contribution < 1.29 is 4.74 Å². The second kappa shape index (κ2) is 5.51. The minimum atomic E-state index is 0.654. The number of likely N-dealkylation sites (N-methyl/N-ethyl adjacent to an activating group) is 1. The summed E-state index contributed by atoms with van der Waals surface area (Å²) in [5, 5.41) is 0. The predicted molar refractivity (Wildman–Crippen MR) is 50.1 cm³/mol. The van der Waals surface area contributed by atoms with Crippen LogP contribution in [0, 0.1) is 0 Å². The number of nitrogens with zero attached hydrogens (tertiary/aromatic N) is 1. The van der Waals surface area contributed by atoms with Gasteiger partial charge in [0, 0.05) is 12.6 Å². The lowest BCUT2D eigenvalue weighted by Gasteiger charge is -2.25. The minimum Gasteiger partial charge on any atom is -0.380 e. The smallest absolute Gasteiger partial charge is 0.0622 e. The SMILES string of the molecule is CCN(CCCN)C1CCOC1. The summed E-state index contributed by atoms with van der Waals surface area (Å²) in [5.74, 6) is 0. The van der Waals surface area contributed by atoms with Crippen LogP contribution in [0.1, 0.15) is 19.8 Å². The lowest BCUT2D eigenvalue weighted by atomic mass is 10.2. The first-order valence-electron chi connectivity index (χ1n) is 4.90. The van der Waals surface area contributed by atoms with Gasteiger partial charge < -0.3 is 10.5 Å². The van der Waals surface area contributed by atoms with Crippen molar-refractivity contribution in [3.8, 4) is 0 Å². The molecule has 0 aromatic carbocycles. The molecule has 3 heteroatoms. The van der Waals surface area contributed by atoms with Crippen molar-refractivity contribution in [2.45, 2.75) is 25.8 Å². The largest absolute Gasteiger partial charge is 0.380 e. The van der Waals surface area contributed by atoms with Gasteiger partial charge >= 0.3 is 0 Å². The topological polar surface area (TPSA) is 38.5 Å². The third kappa shape index (κ3) is 2.73. The molecule has 1 aliphatic rings. The lowest BCUT2D eigenvalue weighted by molar-refractivity contribution is 0.147. The van der Waals surface area contributed by atoms with Gasteiger partial charge in [0.05, 0.1) is 6.61 Å². The first-order valence-corrected chi connectivity index (χ1v) is 4.90. The molecule has 12 heavy (non-hydrogen) atoms. The molecule has 1 aliphatic heterocycles. The number of ether oxygens (including phenoxy) is 1. The van der Waals surface area contributed by atoms with Crippen LogP contribution in [0.25, 0.3) is 0 Å². The Morgan fingerprint density at radius 3 is 2.92 bits per heavy atom. The highest BCUT2D eigenvalue weighted by Crippen LogP contribution is 2.11. The highest BCUT2D eigenvalue weighted by Gasteiger charge is 2.20. The Morgan fingerprint density at radius 1 is 1.58 bits per heavy atom. The predicted octanol–water partition coefficient (Wildman–Crippen LogP) is 0.446. The molecule has 1 unspecified atom stereocenters. The van der Waals surface area contributed by atoms with Gasteiger partial charge in [-0.2, -0.15) is 0 Å². The molecular weight excluding hydrogens is 152 g/mol. The Balaban J connectivity index is 2.22. The minimum absolute atomic E-state index is 0.654. The van der Waals surface area contributed by atoms with Crippen molar-refractivity contribution in [2.75, 3.05) is 32.8 Å². The molecule has 0 bridgehead atoms. The number of hydrogen-bond acceptors (Lipinski definition) is 3. The van der Waals surface area contributed by atoms with Gasteiger partial charge in [-0.15, -0.1) is 0 Å². The molecule has 0 amide bonds. The van der Waals surface area contributed by atoms with E-state index in [1.807, 2.05) is 0 Å². The van der Waals surface area contributed by atoms with Crippen molar-refractivity contribution in [2.24, 2.45) is 5.73 Å². The Bertz CT molecular complexity index is 113. The second-order valence-corrected chi connectivity index (χ2v) is 3.29. The zero-order valence-electron chi connectivity index (χ0n) is 7.96. The summed E-state index contributed by atoms with van der Waals surface area (Å²) in [4.78, 5) is 2.47. The maximum absolute atomic E-state index is 5.47. The Kier molecular flexibility index (Phi) is 4.58. The summed E-state index contributed by atoms with van der Waals surface area (Å²) < 4.78 is 5.35. The standard InChI is InChI=1S/C9H20N2O/c1-2-11(6-3-5-10)9-4-7-12-8-9/h9H,2-8,10H2,1H3. The van der Waals surface area contributed by atoms with Crippen LogP contribution >= 0.6 is 0 Å². The zero-order chi connectivity index (χ0) is 8.81. The quantitative estimate of drug-likeness (QED) is 0.654. The third-order valence-corrected chi connectivity index (χ3v) is 2.48. The summed E-state index contributed by atoms with van der Waals surface area (Å²) in [7, 11) is 0. The molecule has 1 fully saturated rings. The van der Waals surface area contributed by atoms with Crippen LogP contribution < -0.4 is 5.73 Å². The average molecular weight is 172 g/mol. The van der Waals surface area contributed by atoms with E-state index in [1.54, 1.807) is 0 Å². The molecule has 3 nitrogen and oxygen atoms in total. The van der Waals surface area contributed by atoms with Crippen LogP contribution in [0.3, 0.4) is 0 Å². The van der Waals surface area contributed by atoms with Crippen LogP contribution in [0.5, 0.6) is 0 Å². The van der Waals surface area contributed by atoms with Crippen LogP contribution in [-0.2, 0) is 4.74 Å². The molecule has 1 atom stereocenters. The summed E-state index contributed by atoms with van der Waals surface area (Å²) in [5.41, 5.74) is 5.47. The molecule has 2 N–H and O–H groups in total. The van der Waals surface area contributed by atoms with E-state index in [2.05, 4.69) is 11.8 Å². The van der Waals surface area contributed by atoms with E-state index in [9.17, 15) is 0 Å². The van der Waals surface area contributed by atoms with E-state index in [1.165, 1.54) is 6.42 Å². The normalized spacial score (nSPS) is 23.8. The highest BCUT2D eigenvalue weighted by molar-refractivity contribution is 4.74. The van der Waals surface area contributed by atoms with Gasteiger partial charge in [-0.3, -0.25) is 4.90 Å². The fourth-order valence-corrected chi connectivity index (χ4v) is 1.70. The molecule has 1 saturated heterocycles. The van der Waals surface area contributed by atoms with Gasteiger partial charge in [-0.1, -0.05) is 6.92 Å². The summed E-state index contributed by atoms with van der Waals surface area (Å²) in [6.07, 6.45) is 2.29. The fraction of sp³-hybridized carbons (Fsp3) is 1.00. The van der Waals surface area contributed by atoms with Crippen molar-refractivity contribution in [3.63, 3.8) is 0 Å². The molecule has 0 aromatic heterocycles. The van der Waals surface area contributed by atoms with Crippen molar-refractivity contribution in [1.29, 1.82) is 0 Å². The average Bonchev–Trinajstić information content (AvgIpc) is 2.59. The number of rotatable bonds is 5. The van der Waals surface area contributed by atoms with Crippen LogP contribution in [0.4, 0.5) is 0 Å². The van der Waals surface area contributed by atoms with E-state index < -0.39 is 0 Å². The number of nitrogens with two attached hydrogens (primary N) is 1. The molecule has 72 valence electrons. The van der Waals surface area contributed by atoms with E-state index >= 15 is 0 Å². The molecule has 0 radical (unpaired) electrons. The molecule has 0 aromatic rings. The zero-order valence-corrected chi connectivity index (χ0v) is 7.96. The third-order valence-electron chi connectivity index (χ3n) is 2.48. The molecular formula is C9H20N2O. The van der Waals surface area contributed by atoms with E-state index in [0.29, 0.717) is 6.04 Å². The summed E-state index contributed by atoms with van der Waals surface area (Å²) in [6, 6.07) is 0.654. The molecule has 0 spiro atoms. The van der Waals surface area contributed by atoms with Crippen molar-refractivity contribution in [3.05, 3.63) is 0 Å². The number of hydrogen-bond donors (Lipinski definition) is 1. The second-order valence-electron chi connectivity index (χ2n) is 3.29. The Hall–Kier alpha value is -0.120. The molecule has 0 saturated carbocycles. The molecule has 0 aliphatic carbocycles. The van der Waals surface area contributed by atoms with Crippen LogP contribution in [0.2, 0.25) is 0 Å². The highest BCUT2D eigenvalue weighted by atomic mass is 16.5. The van der Waals surface area contributed by atoms with Gasteiger partial charge in [0.15, 0.2) is 0 Å². The van der Waals surface area contributed by atoms with Gasteiger partial charge in [-0.25, -0.2) is 0 Å². The van der Waals surface area contributed by atoms with E-state index in [-0.39, 0.29) is 0 Å². The first-order chi connectivity index (χ1) is 5.88. The Labute approximate surface area is 74.9 Å². The lowest BCUT2D eigenvalue weighted by Crippen LogP contribution is -2.36. The van der Waals surface area contributed by atoms with Crippen LogP contribution in [0.15, 0.2) is 0 Å². The summed E-state index contributed by atoms with van der Waals surface area (Å²) in [6.45, 7) is 7.09. The maximum Gasteiger partial charge on any atom is 0.0622 e.